The van der Waals surface area contributed by atoms with Crippen LogP contribution in [0.4, 0.5) is 10.5 Å². The van der Waals surface area contributed by atoms with Crippen molar-refractivity contribution in [3.05, 3.63) is 59.5 Å². The van der Waals surface area contributed by atoms with Crippen LogP contribution in [-0.2, 0) is 6.54 Å². The third kappa shape index (κ3) is 4.02. The van der Waals surface area contributed by atoms with Gasteiger partial charge in [-0.05, 0) is 43.2 Å². The number of aromatic nitrogens is 1. The summed E-state index contributed by atoms with van der Waals surface area (Å²) >= 11 is 0. The van der Waals surface area contributed by atoms with Crippen molar-refractivity contribution in [3.8, 4) is 0 Å². The second-order valence-electron chi connectivity index (χ2n) is 7.41. The van der Waals surface area contributed by atoms with Crippen molar-refractivity contribution in [2.75, 3.05) is 31.5 Å². The largest absolute Gasteiger partial charge is 0.361 e. The van der Waals surface area contributed by atoms with E-state index in [9.17, 15) is 4.79 Å². The van der Waals surface area contributed by atoms with Gasteiger partial charge in [-0.2, -0.15) is 0 Å². The van der Waals surface area contributed by atoms with Crippen molar-refractivity contribution < 1.29 is 9.32 Å². The molecule has 1 aromatic heterocycles. The summed E-state index contributed by atoms with van der Waals surface area (Å²) in [5.41, 5.74) is 2.95. The molecule has 1 N–H and O–H groups in total. The van der Waals surface area contributed by atoms with E-state index in [1.165, 1.54) is 5.39 Å². The Morgan fingerprint density at radius 3 is 2.68 bits per heavy atom. The molecule has 146 valence electrons. The number of hydrogen-bond donors (Lipinski definition) is 1. The number of aryl methyl sites for hydroxylation is 2. The highest BCUT2D eigenvalue weighted by Crippen LogP contribution is 2.20. The fourth-order valence-corrected chi connectivity index (χ4v) is 3.75. The number of benzene rings is 2. The van der Waals surface area contributed by atoms with E-state index >= 15 is 0 Å². The van der Waals surface area contributed by atoms with Gasteiger partial charge in [0.25, 0.3) is 0 Å². The molecular weight excluding hydrogens is 352 g/mol. The first-order valence-corrected chi connectivity index (χ1v) is 9.79. The summed E-state index contributed by atoms with van der Waals surface area (Å²) in [6, 6.07) is 14.2. The monoisotopic (exact) mass is 378 g/mol. The topological polar surface area (TPSA) is 61.6 Å². The number of amides is 2. The van der Waals surface area contributed by atoms with Gasteiger partial charge >= 0.3 is 6.03 Å². The molecule has 2 aromatic carbocycles. The second kappa shape index (κ2) is 8.02. The van der Waals surface area contributed by atoms with Gasteiger partial charge in [-0.25, -0.2) is 4.79 Å². The summed E-state index contributed by atoms with van der Waals surface area (Å²) in [6.07, 6.45) is 0.953. The van der Waals surface area contributed by atoms with Crippen LogP contribution < -0.4 is 5.32 Å². The van der Waals surface area contributed by atoms with Crippen molar-refractivity contribution in [1.29, 1.82) is 0 Å². The summed E-state index contributed by atoms with van der Waals surface area (Å²) in [6.45, 7) is 8.03. The zero-order chi connectivity index (χ0) is 19.5. The molecule has 2 amide bonds. The van der Waals surface area contributed by atoms with Crippen LogP contribution in [0, 0.1) is 13.8 Å². The summed E-state index contributed by atoms with van der Waals surface area (Å²) < 4.78 is 5.27. The van der Waals surface area contributed by atoms with Crippen molar-refractivity contribution in [1.82, 2.24) is 15.0 Å². The van der Waals surface area contributed by atoms with Gasteiger partial charge in [0.2, 0.25) is 0 Å². The molecule has 0 spiro atoms. The van der Waals surface area contributed by atoms with Gasteiger partial charge in [0, 0.05) is 44.0 Å². The zero-order valence-corrected chi connectivity index (χ0v) is 16.4. The number of nitrogens with zero attached hydrogens (tertiary/aromatic N) is 3. The lowest BCUT2D eigenvalue weighted by atomic mass is 10.1. The van der Waals surface area contributed by atoms with Crippen LogP contribution in [0.25, 0.3) is 10.8 Å². The molecule has 6 heteroatoms. The number of carbonyl (C=O) groups excluding carboxylic acids is 1. The van der Waals surface area contributed by atoms with E-state index < -0.39 is 0 Å². The van der Waals surface area contributed by atoms with E-state index in [1.54, 1.807) is 0 Å². The number of carbonyl (C=O) groups is 1. The van der Waals surface area contributed by atoms with E-state index in [4.69, 9.17) is 4.52 Å². The van der Waals surface area contributed by atoms with Gasteiger partial charge in [0.1, 0.15) is 5.76 Å². The number of urea groups is 1. The van der Waals surface area contributed by atoms with Crippen LogP contribution in [0.1, 0.15) is 23.4 Å². The van der Waals surface area contributed by atoms with E-state index in [1.807, 2.05) is 49.1 Å². The van der Waals surface area contributed by atoms with Crippen LogP contribution in [0.2, 0.25) is 0 Å². The molecule has 0 radical (unpaired) electrons. The minimum atomic E-state index is -0.0329. The molecule has 3 aromatic rings. The van der Waals surface area contributed by atoms with E-state index in [2.05, 4.69) is 27.5 Å². The van der Waals surface area contributed by atoms with Gasteiger partial charge in [-0.3, -0.25) is 4.90 Å². The van der Waals surface area contributed by atoms with Crippen molar-refractivity contribution in [2.24, 2.45) is 0 Å². The minimum Gasteiger partial charge on any atom is -0.361 e. The zero-order valence-electron chi connectivity index (χ0n) is 16.4. The van der Waals surface area contributed by atoms with E-state index in [0.29, 0.717) is 6.54 Å². The Labute approximate surface area is 165 Å². The van der Waals surface area contributed by atoms with Gasteiger partial charge in [-0.1, -0.05) is 35.5 Å². The molecule has 0 bridgehead atoms. The highest BCUT2D eigenvalue weighted by Gasteiger charge is 2.21. The first-order chi connectivity index (χ1) is 13.6. The highest BCUT2D eigenvalue weighted by atomic mass is 16.5. The Bertz CT molecular complexity index is 962. The summed E-state index contributed by atoms with van der Waals surface area (Å²) in [4.78, 5) is 17.0. The molecule has 6 nitrogen and oxygen atoms in total. The minimum absolute atomic E-state index is 0.0329. The molecule has 1 aliphatic heterocycles. The Morgan fingerprint density at radius 1 is 1.07 bits per heavy atom. The molecule has 1 saturated heterocycles. The number of rotatable bonds is 3. The smallest absolute Gasteiger partial charge is 0.321 e. The fraction of sp³-hybridized carbons (Fsp3) is 0.364. The molecule has 1 fully saturated rings. The quantitative estimate of drug-likeness (QED) is 0.743. The molecule has 2 heterocycles. The van der Waals surface area contributed by atoms with Crippen LogP contribution in [0.5, 0.6) is 0 Å². The predicted molar refractivity (Wildman–Crippen MR) is 110 cm³/mol. The predicted octanol–water partition coefficient (Wildman–Crippen LogP) is 4.18. The van der Waals surface area contributed by atoms with Gasteiger partial charge < -0.3 is 14.7 Å². The second-order valence-corrected chi connectivity index (χ2v) is 7.41. The Kier molecular flexibility index (Phi) is 5.30. The average molecular weight is 378 g/mol. The maximum atomic E-state index is 12.8. The maximum Gasteiger partial charge on any atom is 0.321 e. The summed E-state index contributed by atoms with van der Waals surface area (Å²) in [5, 5.41) is 9.39. The average Bonchev–Trinajstić information content (AvgIpc) is 2.89. The van der Waals surface area contributed by atoms with Crippen molar-refractivity contribution in [3.63, 3.8) is 0 Å². The molecule has 0 unspecified atom stereocenters. The number of nitrogens with one attached hydrogen (secondary N) is 1. The third-order valence-electron chi connectivity index (χ3n) is 5.44. The van der Waals surface area contributed by atoms with Crippen LogP contribution >= 0.6 is 0 Å². The van der Waals surface area contributed by atoms with Crippen LogP contribution in [0.15, 0.2) is 47.0 Å². The Hall–Kier alpha value is -2.86. The summed E-state index contributed by atoms with van der Waals surface area (Å²) in [7, 11) is 0. The molecular formula is C22H26N4O2. The fourth-order valence-electron chi connectivity index (χ4n) is 3.75. The molecule has 28 heavy (non-hydrogen) atoms. The van der Waals surface area contributed by atoms with Gasteiger partial charge in [0.05, 0.1) is 5.69 Å². The van der Waals surface area contributed by atoms with Gasteiger partial charge in [0.15, 0.2) is 0 Å². The highest BCUT2D eigenvalue weighted by molar-refractivity contribution is 5.93. The number of anilines is 1. The van der Waals surface area contributed by atoms with E-state index in [0.717, 1.165) is 60.7 Å². The standard InChI is InChI=1S/C22H26N4O2/c1-16-21(17(2)28-24-16)15-25-10-5-11-26(13-12-25)22(27)23-20-9-8-18-6-3-4-7-19(18)14-20/h3-4,6-9,14H,5,10-13,15H2,1-2H3,(H,23,27). The van der Waals surface area contributed by atoms with E-state index in [-0.39, 0.29) is 6.03 Å². The number of fused-ring (bicyclic) bond motifs is 1. The molecule has 0 aliphatic carbocycles. The Morgan fingerprint density at radius 2 is 1.89 bits per heavy atom. The first-order valence-electron chi connectivity index (χ1n) is 9.79. The lowest BCUT2D eigenvalue weighted by Gasteiger charge is -2.22. The molecule has 1 aliphatic rings. The lowest BCUT2D eigenvalue weighted by molar-refractivity contribution is 0.211. The van der Waals surface area contributed by atoms with Crippen LogP contribution in [-0.4, -0.2) is 47.2 Å². The Balaban J connectivity index is 1.37. The maximum absolute atomic E-state index is 12.8. The molecule has 4 rings (SSSR count). The van der Waals surface area contributed by atoms with Crippen molar-refractivity contribution in [2.45, 2.75) is 26.8 Å². The first kappa shape index (κ1) is 18.5. The number of hydrogen-bond acceptors (Lipinski definition) is 4. The van der Waals surface area contributed by atoms with Crippen LogP contribution in [0.3, 0.4) is 0 Å². The summed E-state index contributed by atoms with van der Waals surface area (Å²) in [5.74, 6) is 0.882. The molecule has 0 atom stereocenters. The van der Waals surface area contributed by atoms with Crippen molar-refractivity contribution >= 4 is 22.5 Å². The lowest BCUT2D eigenvalue weighted by Crippen LogP contribution is -2.38. The third-order valence-corrected chi connectivity index (χ3v) is 5.44. The molecule has 0 saturated carbocycles. The van der Waals surface area contributed by atoms with Gasteiger partial charge in [-0.15, -0.1) is 0 Å². The normalized spacial score (nSPS) is 15.6. The SMILES string of the molecule is Cc1noc(C)c1CN1CCCN(C(=O)Nc2ccc3ccccc3c2)CC1.